The van der Waals surface area contributed by atoms with Crippen molar-refractivity contribution in [2.45, 2.75) is 9.92 Å². The number of halogens is 3. The number of benzene rings is 1. The molecular formula is C11H5Cl3N2S. The van der Waals surface area contributed by atoms with Gasteiger partial charge in [0.25, 0.3) is 0 Å². The molecule has 0 unspecified atom stereocenters. The van der Waals surface area contributed by atoms with E-state index in [4.69, 9.17) is 40.1 Å². The Morgan fingerprint density at radius 3 is 2.41 bits per heavy atom. The van der Waals surface area contributed by atoms with E-state index < -0.39 is 0 Å². The molecule has 0 spiro atoms. The Morgan fingerprint density at radius 1 is 1.06 bits per heavy atom. The van der Waals surface area contributed by atoms with Crippen LogP contribution in [0.1, 0.15) is 5.56 Å². The third-order valence-electron chi connectivity index (χ3n) is 1.98. The normalized spacial score (nSPS) is 10.2. The van der Waals surface area contributed by atoms with Crippen molar-refractivity contribution in [3.63, 3.8) is 0 Å². The van der Waals surface area contributed by atoms with Crippen LogP contribution in [0.2, 0.25) is 15.1 Å². The molecule has 1 aromatic heterocycles. The quantitative estimate of drug-likeness (QED) is 0.793. The summed E-state index contributed by atoms with van der Waals surface area (Å²) in [5.74, 6) is 0. The Bertz CT molecular complexity index is 601. The highest BCUT2D eigenvalue weighted by Gasteiger charge is 2.08. The van der Waals surface area contributed by atoms with Crippen LogP contribution in [0.25, 0.3) is 0 Å². The summed E-state index contributed by atoms with van der Waals surface area (Å²) < 4.78 is 0. The summed E-state index contributed by atoms with van der Waals surface area (Å²) in [6, 6.07) is 7.08. The highest BCUT2D eigenvalue weighted by Crippen LogP contribution is 2.37. The second-order valence-corrected chi connectivity index (χ2v) is 5.47. The molecule has 0 aliphatic carbocycles. The predicted molar refractivity (Wildman–Crippen MR) is 71.1 cm³/mol. The van der Waals surface area contributed by atoms with E-state index in [0.29, 0.717) is 20.6 Å². The maximum absolute atomic E-state index is 8.71. The molecule has 86 valence electrons. The van der Waals surface area contributed by atoms with Crippen molar-refractivity contribution in [2.75, 3.05) is 0 Å². The predicted octanol–water partition coefficient (Wildman–Crippen LogP) is 5.00. The maximum atomic E-state index is 8.71. The van der Waals surface area contributed by atoms with Crippen molar-refractivity contribution in [1.82, 2.24) is 4.98 Å². The van der Waals surface area contributed by atoms with Gasteiger partial charge in [0.05, 0.1) is 25.7 Å². The van der Waals surface area contributed by atoms with Gasteiger partial charge in [-0.05, 0) is 18.2 Å². The monoisotopic (exact) mass is 302 g/mol. The topological polar surface area (TPSA) is 39.6 Å². The van der Waals surface area contributed by atoms with Crippen LogP contribution in [0.15, 0.2) is 34.3 Å². The number of hydrogen-bond acceptors (Lipinski definition) is 2. The maximum Gasteiger partial charge on any atom is 0.101 e. The first-order chi connectivity index (χ1) is 8.10. The van der Waals surface area contributed by atoms with Crippen LogP contribution in [0.3, 0.4) is 0 Å². The Hall–Kier alpha value is -0.790. The molecule has 0 aliphatic rings. The second kappa shape index (κ2) is 5.24. The zero-order chi connectivity index (χ0) is 12.4. The van der Waals surface area contributed by atoms with Gasteiger partial charge in [-0.3, -0.25) is 0 Å². The van der Waals surface area contributed by atoms with Gasteiger partial charge < -0.3 is 4.98 Å². The lowest BCUT2D eigenvalue weighted by Gasteiger charge is -2.04. The summed E-state index contributed by atoms with van der Waals surface area (Å²) >= 11 is 19.2. The SMILES string of the molecule is N#Cc1c[nH]c(Sc2cc(Cl)c(Cl)cc2Cl)c1. The number of nitriles is 1. The van der Waals surface area contributed by atoms with E-state index in [9.17, 15) is 0 Å². The smallest absolute Gasteiger partial charge is 0.101 e. The third-order valence-corrected chi connectivity index (χ3v) is 4.14. The third kappa shape index (κ3) is 2.91. The van der Waals surface area contributed by atoms with Gasteiger partial charge in [-0.2, -0.15) is 5.26 Å². The van der Waals surface area contributed by atoms with Crippen LogP contribution in [0, 0.1) is 11.3 Å². The number of H-pyrrole nitrogens is 1. The zero-order valence-electron chi connectivity index (χ0n) is 8.30. The highest BCUT2D eigenvalue weighted by atomic mass is 35.5. The van der Waals surface area contributed by atoms with Crippen LogP contribution in [0.4, 0.5) is 0 Å². The number of nitrogens with one attached hydrogen (secondary N) is 1. The molecule has 0 atom stereocenters. The lowest BCUT2D eigenvalue weighted by Crippen LogP contribution is -1.77. The largest absolute Gasteiger partial charge is 0.355 e. The molecule has 0 bridgehead atoms. The molecule has 0 saturated heterocycles. The van der Waals surface area contributed by atoms with Crippen molar-refractivity contribution < 1.29 is 0 Å². The van der Waals surface area contributed by atoms with E-state index in [-0.39, 0.29) is 0 Å². The molecule has 2 aromatic rings. The number of hydrogen-bond donors (Lipinski definition) is 1. The second-order valence-electron chi connectivity index (χ2n) is 3.16. The fourth-order valence-corrected chi connectivity index (χ4v) is 2.80. The van der Waals surface area contributed by atoms with Gasteiger partial charge in [0.1, 0.15) is 6.07 Å². The number of aromatic nitrogens is 1. The molecule has 1 N–H and O–H groups in total. The molecule has 0 amide bonds. The van der Waals surface area contributed by atoms with Crippen molar-refractivity contribution in [2.24, 2.45) is 0 Å². The fourth-order valence-electron chi connectivity index (χ4n) is 1.20. The summed E-state index contributed by atoms with van der Waals surface area (Å²) in [6.07, 6.45) is 1.63. The van der Waals surface area contributed by atoms with E-state index in [2.05, 4.69) is 4.98 Å². The van der Waals surface area contributed by atoms with E-state index >= 15 is 0 Å². The molecular weight excluding hydrogens is 299 g/mol. The average Bonchev–Trinajstić information content (AvgIpc) is 2.73. The van der Waals surface area contributed by atoms with Gasteiger partial charge in [-0.1, -0.05) is 46.6 Å². The van der Waals surface area contributed by atoms with Gasteiger partial charge in [0.2, 0.25) is 0 Å². The van der Waals surface area contributed by atoms with Crippen LogP contribution < -0.4 is 0 Å². The molecule has 6 heteroatoms. The van der Waals surface area contributed by atoms with Gasteiger partial charge in [-0.15, -0.1) is 0 Å². The van der Waals surface area contributed by atoms with Gasteiger partial charge in [-0.25, -0.2) is 0 Å². The first-order valence-corrected chi connectivity index (χ1v) is 6.46. The van der Waals surface area contributed by atoms with Crippen molar-refractivity contribution in [1.29, 1.82) is 5.26 Å². The molecule has 0 fully saturated rings. The summed E-state index contributed by atoms with van der Waals surface area (Å²) in [5, 5.41) is 10.9. The molecule has 17 heavy (non-hydrogen) atoms. The molecule has 2 rings (SSSR count). The van der Waals surface area contributed by atoms with E-state index in [1.807, 2.05) is 6.07 Å². The molecule has 0 radical (unpaired) electrons. The molecule has 2 nitrogen and oxygen atoms in total. The number of aromatic amines is 1. The average molecular weight is 304 g/mol. The van der Waals surface area contributed by atoms with Crippen molar-refractivity contribution in [3.8, 4) is 6.07 Å². The lowest BCUT2D eigenvalue weighted by molar-refractivity contribution is 1.20. The Morgan fingerprint density at radius 2 is 1.76 bits per heavy atom. The van der Waals surface area contributed by atoms with Crippen LogP contribution in [-0.2, 0) is 0 Å². The van der Waals surface area contributed by atoms with Crippen molar-refractivity contribution >= 4 is 46.6 Å². The Kier molecular flexibility index (Phi) is 3.90. The minimum atomic E-state index is 0.421. The van der Waals surface area contributed by atoms with Crippen molar-refractivity contribution in [3.05, 3.63) is 45.0 Å². The van der Waals surface area contributed by atoms with Crippen LogP contribution in [-0.4, -0.2) is 4.98 Å². The fraction of sp³-hybridized carbons (Fsp3) is 0. The van der Waals surface area contributed by atoms with Crippen LogP contribution >= 0.6 is 46.6 Å². The zero-order valence-corrected chi connectivity index (χ0v) is 11.4. The molecule has 1 aromatic carbocycles. The highest BCUT2D eigenvalue weighted by molar-refractivity contribution is 7.99. The minimum absolute atomic E-state index is 0.421. The van der Waals surface area contributed by atoms with E-state index in [0.717, 1.165) is 9.92 Å². The summed E-state index contributed by atoms with van der Waals surface area (Å²) in [6.45, 7) is 0. The summed E-state index contributed by atoms with van der Waals surface area (Å²) in [4.78, 5) is 3.76. The molecule has 0 aliphatic heterocycles. The Balaban J connectivity index is 2.30. The van der Waals surface area contributed by atoms with E-state index in [1.54, 1.807) is 24.4 Å². The summed E-state index contributed by atoms with van der Waals surface area (Å²) in [7, 11) is 0. The van der Waals surface area contributed by atoms with Gasteiger partial charge >= 0.3 is 0 Å². The summed E-state index contributed by atoms with van der Waals surface area (Å²) in [5.41, 5.74) is 0.573. The molecule has 0 saturated carbocycles. The van der Waals surface area contributed by atoms with Gasteiger partial charge in [0.15, 0.2) is 0 Å². The first kappa shape index (κ1) is 12.7. The first-order valence-electron chi connectivity index (χ1n) is 4.51. The van der Waals surface area contributed by atoms with Crippen LogP contribution in [0.5, 0.6) is 0 Å². The lowest BCUT2D eigenvalue weighted by atomic mass is 10.4. The minimum Gasteiger partial charge on any atom is -0.355 e. The Labute approximate surface area is 117 Å². The molecule has 1 heterocycles. The van der Waals surface area contributed by atoms with E-state index in [1.165, 1.54) is 11.8 Å². The van der Waals surface area contributed by atoms with Gasteiger partial charge in [0, 0.05) is 11.1 Å². The number of rotatable bonds is 2. The number of nitrogens with zero attached hydrogens (tertiary/aromatic N) is 1. The standard InChI is InChI=1S/C11H5Cl3N2S/c12-7-2-9(14)10(3-8(7)13)17-11-1-6(4-15)5-16-11/h1-3,5,16H.